The minimum atomic E-state index is -3.66. The summed E-state index contributed by atoms with van der Waals surface area (Å²) in [5.41, 5.74) is 5.82. The van der Waals surface area contributed by atoms with Crippen LogP contribution < -0.4 is 15.2 Å². The van der Waals surface area contributed by atoms with Gasteiger partial charge in [0.2, 0.25) is 0 Å². The molecule has 0 spiro atoms. The number of alkyl halides is 2. The lowest BCUT2D eigenvalue weighted by molar-refractivity contribution is -0.287. The van der Waals surface area contributed by atoms with E-state index in [9.17, 15) is 8.78 Å². The van der Waals surface area contributed by atoms with E-state index in [0.717, 1.165) is 0 Å². The number of hydrogen-bond acceptors (Lipinski definition) is 4. The molecular formula is C9H9F2NO3. The Morgan fingerprint density at radius 3 is 2.80 bits per heavy atom. The molecule has 0 saturated heterocycles. The predicted octanol–water partition coefficient (Wildman–Crippen LogP) is 1.00. The molecule has 1 atom stereocenters. The molecular weight excluding hydrogens is 208 g/mol. The number of rotatable bonds is 2. The summed E-state index contributed by atoms with van der Waals surface area (Å²) in [5.74, 6) is -0.176. The number of aliphatic hydroxyl groups is 1. The number of halogens is 2. The lowest BCUT2D eigenvalue weighted by Crippen LogP contribution is -2.26. The number of hydrogen-bond donors (Lipinski definition) is 2. The van der Waals surface area contributed by atoms with Crippen molar-refractivity contribution >= 4 is 0 Å². The molecule has 1 heterocycles. The highest BCUT2D eigenvalue weighted by atomic mass is 19.3. The highest BCUT2D eigenvalue weighted by Crippen LogP contribution is 2.44. The maximum Gasteiger partial charge on any atom is 0.586 e. The molecule has 3 N–H and O–H groups in total. The largest absolute Gasteiger partial charge is 0.586 e. The molecule has 1 aromatic rings. The van der Waals surface area contributed by atoms with Gasteiger partial charge in [-0.3, -0.25) is 0 Å². The SMILES string of the molecule is N[C@@H](CO)c1cccc2c1OC(F)(F)O2. The van der Waals surface area contributed by atoms with Crippen LogP contribution in [-0.2, 0) is 0 Å². The van der Waals surface area contributed by atoms with E-state index in [-0.39, 0.29) is 18.1 Å². The molecule has 0 fully saturated rings. The molecule has 6 heteroatoms. The zero-order valence-electron chi connectivity index (χ0n) is 7.61. The summed E-state index contributed by atoms with van der Waals surface area (Å²) in [4.78, 5) is 0. The monoisotopic (exact) mass is 217 g/mol. The Morgan fingerprint density at radius 1 is 1.40 bits per heavy atom. The van der Waals surface area contributed by atoms with Crippen molar-refractivity contribution in [3.05, 3.63) is 23.8 Å². The lowest BCUT2D eigenvalue weighted by Gasteiger charge is -2.11. The molecule has 1 aromatic carbocycles. The summed E-state index contributed by atoms with van der Waals surface area (Å²) in [6.45, 7) is -0.356. The van der Waals surface area contributed by atoms with E-state index in [1.807, 2.05) is 0 Å². The van der Waals surface area contributed by atoms with Crippen molar-refractivity contribution in [1.29, 1.82) is 0 Å². The van der Waals surface area contributed by atoms with Gasteiger partial charge in [-0.05, 0) is 6.07 Å². The van der Waals surface area contributed by atoms with Crippen molar-refractivity contribution in [3.8, 4) is 11.5 Å². The van der Waals surface area contributed by atoms with Gasteiger partial charge in [-0.2, -0.15) is 0 Å². The van der Waals surface area contributed by atoms with Gasteiger partial charge in [0.15, 0.2) is 11.5 Å². The molecule has 4 nitrogen and oxygen atoms in total. The van der Waals surface area contributed by atoms with Crippen LogP contribution >= 0.6 is 0 Å². The number of benzene rings is 1. The smallest absolute Gasteiger partial charge is 0.395 e. The number of para-hydroxylation sites is 1. The molecule has 15 heavy (non-hydrogen) atoms. The van der Waals surface area contributed by atoms with Gasteiger partial charge in [-0.25, -0.2) is 0 Å². The Balaban J connectivity index is 2.41. The number of fused-ring (bicyclic) bond motifs is 1. The fourth-order valence-corrected chi connectivity index (χ4v) is 1.38. The van der Waals surface area contributed by atoms with Gasteiger partial charge in [-0.15, -0.1) is 8.78 Å². The second kappa shape index (κ2) is 3.32. The van der Waals surface area contributed by atoms with Gasteiger partial charge in [0.25, 0.3) is 0 Å². The Hall–Kier alpha value is -1.40. The van der Waals surface area contributed by atoms with Crippen molar-refractivity contribution in [1.82, 2.24) is 0 Å². The summed E-state index contributed by atoms with van der Waals surface area (Å²) in [6, 6.07) is 3.60. The van der Waals surface area contributed by atoms with Gasteiger partial charge in [-0.1, -0.05) is 12.1 Å². The van der Waals surface area contributed by atoms with Crippen molar-refractivity contribution in [2.45, 2.75) is 12.3 Å². The van der Waals surface area contributed by atoms with Crippen LogP contribution in [0.1, 0.15) is 11.6 Å². The van der Waals surface area contributed by atoms with Crippen LogP contribution in [0.25, 0.3) is 0 Å². The Labute approximate surface area is 84.2 Å². The van der Waals surface area contributed by atoms with Crippen LogP contribution in [0.2, 0.25) is 0 Å². The van der Waals surface area contributed by atoms with E-state index in [0.29, 0.717) is 5.56 Å². The number of aliphatic hydroxyl groups excluding tert-OH is 1. The van der Waals surface area contributed by atoms with E-state index < -0.39 is 12.3 Å². The molecule has 1 aliphatic rings. The van der Waals surface area contributed by atoms with Gasteiger partial charge < -0.3 is 20.3 Å². The van der Waals surface area contributed by atoms with Gasteiger partial charge in [0.1, 0.15) is 0 Å². The summed E-state index contributed by atoms with van der Waals surface area (Å²) < 4.78 is 34.0. The highest BCUT2D eigenvalue weighted by Gasteiger charge is 2.44. The summed E-state index contributed by atoms with van der Waals surface area (Å²) >= 11 is 0. The fourth-order valence-electron chi connectivity index (χ4n) is 1.38. The van der Waals surface area contributed by atoms with Gasteiger partial charge >= 0.3 is 6.29 Å². The van der Waals surface area contributed by atoms with Crippen LogP contribution in [0.5, 0.6) is 11.5 Å². The molecule has 0 aromatic heterocycles. The second-order valence-corrected chi connectivity index (χ2v) is 3.13. The molecule has 0 saturated carbocycles. The van der Waals surface area contributed by atoms with Crippen LogP contribution in [-0.4, -0.2) is 18.0 Å². The first-order chi connectivity index (χ1) is 7.03. The molecule has 0 unspecified atom stereocenters. The van der Waals surface area contributed by atoms with Crippen LogP contribution in [0, 0.1) is 0 Å². The first-order valence-electron chi connectivity index (χ1n) is 4.28. The van der Waals surface area contributed by atoms with Gasteiger partial charge in [0, 0.05) is 5.56 Å². The van der Waals surface area contributed by atoms with E-state index in [1.165, 1.54) is 18.2 Å². The third-order valence-corrected chi connectivity index (χ3v) is 2.06. The first-order valence-corrected chi connectivity index (χ1v) is 4.28. The third-order valence-electron chi connectivity index (χ3n) is 2.06. The van der Waals surface area contributed by atoms with Crippen molar-refractivity contribution in [2.75, 3.05) is 6.61 Å². The second-order valence-electron chi connectivity index (χ2n) is 3.13. The third kappa shape index (κ3) is 1.73. The minimum absolute atomic E-state index is 0.0681. The van der Waals surface area contributed by atoms with Crippen LogP contribution in [0.3, 0.4) is 0 Å². The lowest BCUT2D eigenvalue weighted by atomic mass is 10.1. The van der Waals surface area contributed by atoms with E-state index in [2.05, 4.69) is 9.47 Å². The molecule has 2 rings (SSSR count). The summed E-state index contributed by atoms with van der Waals surface area (Å²) in [7, 11) is 0. The molecule has 0 radical (unpaired) electrons. The van der Waals surface area contributed by atoms with E-state index in [1.54, 1.807) is 0 Å². The highest BCUT2D eigenvalue weighted by molar-refractivity contribution is 5.50. The molecule has 82 valence electrons. The Kier molecular flexibility index (Phi) is 2.24. The zero-order valence-corrected chi connectivity index (χ0v) is 7.61. The quantitative estimate of drug-likeness (QED) is 0.775. The Bertz CT molecular complexity index is 384. The van der Waals surface area contributed by atoms with Crippen LogP contribution in [0.4, 0.5) is 8.78 Å². The topological polar surface area (TPSA) is 64.7 Å². The first kappa shape index (κ1) is 10.1. The average Bonchev–Trinajstić information content (AvgIpc) is 2.49. The molecule has 0 aliphatic carbocycles. The predicted molar refractivity (Wildman–Crippen MR) is 46.7 cm³/mol. The standard InChI is InChI=1S/C9H9F2NO3/c10-9(11)14-7-3-1-2-5(6(12)4-13)8(7)15-9/h1-3,6,13H,4,12H2/t6-/m0/s1. The summed E-state index contributed by atoms with van der Waals surface area (Å²) in [5, 5.41) is 8.84. The molecule has 0 bridgehead atoms. The van der Waals surface area contributed by atoms with E-state index in [4.69, 9.17) is 10.8 Å². The number of ether oxygens (including phenoxy) is 2. The van der Waals surface area contributed by atoms with Crippen molar-refractivity contribution in [3.63, 3.8) is 0 Å². The van der Waals surface area contributed by atoms with Gasteiger partial charge in [0.05, 0.1) is 12.6 Å². The summed E-state index contributed by atoms with van der Waals surface area (Å²) in [6.07, 6.45) is -3.66. The average molecular weight is 217 g/mol. The normalized spacial score (nSPS) is 18.9. The van der Waals surface area contributed by atoms with Crippen molar-refractivity contribution < 1.29 is 23.4 Å². The molecule has 1 aliphatic heterocycles. The Morgan fingerprint density at radius 2 is 2.13 bits per heavy atom. The minimum Gasteiger partial charge on any atom is -0.395 e. The fraction of sp³-hybridized carbons (Fsp3) is 0.333. The van der Waals surface area contributed by atoms with Crippen LogP contribution in [0.15, 0.2) is 18.2 Å². The zero-order chi connectivity index (χ0) is 11.1. The maximum absolute atomic E-state index is 12.7. The molecule has 0 amide bonds. The van der Waals surface area contributed by atoms with E-state index >= 15 is 0 Å². The maximum atomic E-state index is 12.7. The van der Waals surface area contributed by atoms with Crippen molar-refractivity contribution in [2.24, 2.45) is 5.73 Å². The number of nitrogens with two attached hydrogens (primary N) is 1.